The number of aryl methyl sites for hydroxylation is 2. The van der Waals surface area contributed by atoms with Crippen LogP contribution >= 0.6 is 0 Å². The van der Waals surface area contributed by atoms with E-state index in [0.29, 0.717) is 19.0 Å². The number of hydrogen-bond acceptors (Lipinski definition) is 3. The minimum absolute atomic E-state index is 0.0399. The van der Waals surface area contributed by atoms with Gasteiger partial charge in [0, 0.05) is 19.3 Å². The lowest BCUT2D eigenvalue weighted by Crippen LogP contribution is -2.38. The largest absolute Gasteiger partial charge is 0.352 e. The van der Waals surface area contributed by atoms with Crippen LogP contribution in [0, 0.1) is 19.8 Å². The van der Waals surface area contributed by atoms with Crippen molar-refractivity contribution in [2.75, 3.05) is 13.1 Å². The molecule has 1 saturated heterocycles. The molecular formula is C24H29N3O3. The third-order valence-corrected chi connectivity index (χ3v) is 6.19. The summed E-state index contributed by atoms with van der Waals surface area (Å²) >= 11 is 0. The molecule has 0 bridgehead atoms. The van der Waals surface area contributed by atoms with E-state index in [4.69, 9.17) is 0 Å². The van der Waals surface area contributed by atoms with Gasteiger partial charge in [-0.3, -0.25) is 14.4 Å². The highest BCUT2D eigenvalue weighted by atomic mass is 16.2. The number of nitrogens with one attached hydrogen (secondary N) is 1. The van der Waals surface area contributed by atoms with Crippen molar-refractivity contribution in [2.24, 2.45) is 5.92 Å². The Balaban J connectivity index is 1.50. The fourth-order valence-corrected chi connectivity index (χ4v) is 4.23. The van der Waals surface area contributed by atoms with Crippen LogP contribution in [0.4, 0.5) is 0 Å². The van der Waals surface area contributed by atoms with Gasteiger partial charge >= 0.3 is 0 Å². The van der Waals surface area contributed by atoms with Gasteiger partial charge in [-0.15, -0.1) is 0 Å². The van der Waals surface area contributed by atoms with Crippen LogP contribution in [0.25, 0.3) is 0 Å². The summed E-state index contributed by atoms with van der Waals surface area (Å²) < 4.78 is 1.35. The average Bonchev–Trinajstić information content (AvgIpc) is 3.43. The van der Waals surface area contributed by atoms with Gasteiger partial charge in [-0.2, -0.15) is 0 Å². The summed E-state index contributed by atoms with van der Waals surface area (Å²) in [7, 11) is 0. The Labute approximate surface area is 176 Å². The molecule has 0 radical (unpaired) electrons. The van der Waals surface area contributed by atoms with Crippen LogP contribution in [-0.2, 0) is 11.3 Å². The minimum Gasteiger partial charge on any atom is -0.352 e. The Morgan fingerprint density at radius 1 is 1.13 bits per heavy atom. The molecule has 2 amide bonds. The molecule has 1 N–H and O–H groups in total. The molecule has 1 aliphatic heterocycles. The summed E-state index contributed by atoms with van der Waals surface area (Å²) in [5, 5.41) is 2.83. The van der Waals surface area contributed by atoms with Crippen molar-refractivity contribution in [3.63, 3.8) is 0 Å². The Bertz CT molecular complexity index is 1020. The van der Waals surface area contributed by atoms with Crippen molar-refractivity contribution in [1.29, 1.82) is 0 Å². The first-order chi connectivity index (χ1) is 14.4. The number of carbonyl (C=O) groups excluding carboxylic acids is 2. The normalized spacial score (nSPS) is 18.5. The number of rotatable bonds is 6. The van der Waals surface area contributed by atoms with Crippen molar-refractivity contribution < 1.29 is 9.59 Å². The van der Waals surface area contributed by atoms with E-state index in [-0.39, 0.29) is 30.0 Å². The smallest absolute Gasteiger partial charge is 0.263 e. The quantitative estimate of drug-likeness (QED) is 0.800. The van der Waals surface area contributed by atoms with E-state index in [0.717, 1.165) is 25.7 Å². The second kappa shape index (κ2) is 8.46. The van der Waals surface area contributed by atoms with Crippen molar-refractivity contribution >= 4 is 11.8 Å². The third kappa shape index (κ3) is 4.32. The fraction of sp³-hybridized carbons (Fsp3) is 0.458. The van der Waals surface area contributed by atoms with E-state index >= 15 is 0 Å². The molecular weight excluding hydrogens is 378 g/mol. The van der Waals surface area contributed by atoms with Crippen molar-refractivity contribution in [3.8, 4) is 0 Å². The molecule has 1 aliphatic carbocycles. The Morgan fingerprint density at radius 3 is 2.70 bits per heavy atom. The van der Waals surface area contributed by atoms with Gasteiger partial charge in [0.25, 0.3) is 11.5 Å². The summed E-state index contributed by atoms with van der Waals surface area (Å²) in [4.78, 5) is 40.2. The van der Waals surface area contributed by atoms with Crippen LogP contribution < -0.4 is 10.9 Å². The molecule has 1 aromatic heterocycles. The maximum atomic E-state index is 13.1. The highest BCUT2D eigenvalue weighted by Gasteiger charge is 2.31. The molecule has 6 heteroatoms. The monoisotopic (exact) mass is 407 g/mol. The number of benzene rings is 1. The van der Waals surface area contributed by atoms with Crippen molar-refractivity contribution in [1.82, 2.24) is 14.8 Å². The number of aromatic nitrogens is 1. The third-order valence-electron chi connectivity index (χ3n) is 6.19. The summed E-state index contributed by atoms with van der Waals surface area (Å²) in [6.07, 6.45) is 5.72. The van der Waals surface area contributed by atoms with Gasteiger partial charge in [0.2, 0.25) is 5.91 Å². The summed E-state index contributed by atoms with van der Waals surface area (Å²) in [5.74, 6) is 0.0952. The lowest BCUT2D eigenvalue weighted by Gasteiger charge is -2.27. The predicted molar refractivity (Wildman–Crippen MR) is 115 cm³/mol. The number of nitrogens with zero attached hydrogens (tertiary/aromatic N) is 2. The van der Waals surface area contributed by atoms with Gasteiger partial charge in [0.15, 0.2) is 0 Å². The first-order valence-electron chi connectivity index (χ1n) is 10.8. The van der Waals surface area contributed by atoms with Gasteiger partial charge in [-0.1, -0.05) is 23.8 Å². The topological polar surface area (TPSA) is 71.4 Å². The molecule has 0 spiro atoms. The number of amides is 2. The molecule has 6 nitrogen and oxygen atoms in total. The number of hydrogen-bond donors (Lipinski definition) is 1. The molecule has 2 aromatic rings. The molecule has 2 heterocycles. The molecule has 4 rings (SSSR count). The molecule has 1 saturated carbocycles. The molecule has 0 unspecified atom stereocenters. The van der Waals surface area contributed by atoms with E-state index in [9.17, 15) is 14.4 Å². The second-order valence-corrected chi connectivity index (χ2v) is 8.61. The zero-order valence-electron chi connectivity index (χ0n) is 17.7. The minimum atomic E-state index is -0.415. The van der Waals surface area contributed by atoms with Gasteiger partial charge in [-0.25, -0.2) is 0 Å². The summed E-state index contributed by atoms with van der Waals surface area (Å²) in [6.45, 7) is 5.38. The summed E-state index contributed by atoms with van der Waals surface area (Å²) in [5.41, 5.74) is 3.22. The van der Waals surface area contributed by atoms with Crippen LogP contribution in [0.15, 0.2) is 41.3 Å². The molecule has 1 atom stereocenters. The number of carbonyl (C=O) groups is 2. The standard InChI is InChI=1S/C24H29N3O3/c1-16-7-8-17(2)20(13-16)21-6-4-12-27(21)22(28)15-26-11-3-5-19(24(26)30)23(29)25-14-18-9-10-18/h3,5,7-8,11,13,18,21H,4,6,9-10,12,14-15H2,1-2H3,(H,25,29)/t21-/m0/s1. The summed E-state index contributed by atoms with van der Waals surface area (Å²) in [6, 6.07) is 9.56. The zero-order valence-corrected chi connectivity index (χ0v) is 17.7. The molecule has 2 aliphatic rings. The second-order valence-electron chi connectivity index (χ2n) is 8.61. The first kappa shape index (κ1) is 20.4. The first-order valence-corrected chi connectivity index (χ1v) is 10.8. The van der Waals surface area contributed by atoms with E-state index in [1.165, 1.54) is 27.3 Å². The van der Waals surface area contributed by atoms with Crippen LogP contribution in [0.2, 0.25) is 0 Å². The molecule has 2 fully saturated rings. The Morgan fingerprint density at radius 2 is 1.93 bits per heavy atom. The van der Waals surface area contributed by atoms with Crippen molar-refractivity contribution in [2.45, 2.75) is 52.1 Å². The highest BCUT2D eigenvalue weighted by Crippen LogP contribution is 2.34. The van der Waals surface area contributed by atoms with Crippen LogP contribution in [0.5, 0.6) is 0 Å². The van der Waals surface area contributed by atoms with Gasteiger partial charge in [0.1, 0.15) is 12.1 Å². The molecule has 30 heavy (non-hydrogen) atoms. The Kier molecular flexibility index (Phi) is 5.75. The van der Waals surface area contributed by atoms with Crippen LogP contribution in [-0.4, -0.2) is 34.4 Å². The van der Waals surface area contributed by atoms with E-state index in [1.807, 2.05) is 4.90 Å². The van der Waals surface area contributed by atoms with Gasteiger partial charge in [0.05, 0.1) is 6.04 Å². The maximum absolute atomic E-state index is 13.1. The van der Waals surface area contributed by atoms with E-state index in [2.05, 4.69) is 37.4 Å². The average molecular weight is 408 g/mol. The number of likely N-dealkylation sites (tertiary alicyclic amines) is 1. The fourth-order valence-electron chi connectivity index (χ4n) is 4.23. The molecule has 158 valence electrons. The van der Waals surface area contributed by atoms with Crippen molar-refractivity contribution in [3.05, 3.63) is 69.1 Å². The zero-order chi connectivity index (χ0) is 21.3. The van der Waals surface area contributed by atoms with E-state index < -0.39 is 5.56 Å². The molecule has 1 aromatic carbocycles. The number of pyridine rings is 1. The highest BCUT2D eigenvalue weighted by molar-refractivity contribution is 5.93. The van der Waals surface area contributed by atoms with Gasteiger partial charge in [-0.05, 0) is 68.7 Å². The lowest BCUT2D eigenvalue weighted by atomic mass is 9.97. The maximum Gasteiger partial charge on any atom is 0.263 e. The van der Waals surface area contributed by atoms with Crippen LogP contribution in [0.1, 0.15) is 58.8 Å². The predicted octanol–water partition coefficient (Wildman–Crippen LogP) is 2.97. The Hall–Kier alpha value is -2.89. The van der Waals surface area contributed by atoms with Crippen LogP contribution in [0.3, 0.4) is 0 Å². The SMILES string of the molecule is Cc1ccc(C)c([C@@H]2CCCN2C(=O)Cn2cccc(C(=O)NCC3CC3)c2=O)c1. The van der Waals surface area contributed by atoms with Gasteiger partial charge < -0.3 is 14.8 Å². The lowest BCUT2D eigenvalue weighted by molar-refractivity contribution is -0.132. The van der Waals surface area contributed by atoms with E-state index in [1.54, 1.807) is 12.3 Å².